The highest BCUT2D eigenvalue weighted by Gasteiger charge is 2.06. The van der Waals surface area contributed by atoms with E-state index in [9.17, 15) is 0 Å². The van der Waals surface area contributed by atoms with Gasteiger partial charge >= 0.3 is 0 Å². The third-order valence-corrected chi connectivity index (χ3v) is 4.46. The van der Waals surface area contributed by atoms with E-state index in [1.165, 1.54) is 16.9 Å². The van der Waals surface area contributed by atoms with Crippen LogP contribution in [0, 0.1) is 6.92 Å². The minimum Gasteiger partial charge on any atom is -0.494 e. The highest BCUT2D eigenvalue weighted by Crippen LogP contribution is 2.25. The predicted octanol–water partition coefficient (Wildman–Crippen LogP) is 5.33. The van der Waals surface area contributed by atoms with Crippen LogP contribution in [0.3, 0.4) is 0 Å². The first-order chi connectivity index (χ1) is 12.1. The number of thiazole rings is 1. The molecule has 0 amide bonds. The number of thiocarbonyl (C=S) groups is 1. The summed E-state index contributed by atoms with van der Waals surface area (Å²) in [5.41, 5.74) is 4.17. The van der Waals surface area contributed by atoms with Gasteiger partial charge in [-0.3, -0.25) is 0 Å². The van der Waals surface area contributed by atoms with Crippen LogP contribution in [0.1, 0.15) is 12.5 Å². The summed E-state index contributed by atoms with van der Waals surface area (Å²) in [6.45, 7) is 4.69. The van der Waals surface area contributed by atoms with Gasteiger partial charge in [-0.2, -0.15) is 0 Å². The normalized spacial score (nSPS) is 10.3. The minimum atomic E-state index is 0.508. The first-order valence-corrected chi connectivity index (χ1v) is 9.26. The molecule has 4 nitrogen and oxygen atoms in total. The van der Waals surface area contributed by atoms with E-state index in [-0.39, 0.29) is 0 Å². The Morgan fingerprint density at radius 3 is 2.48 bits per heavy atom. The molecule has 2 aromatic carbocycles. The second kappa shape index (κ2) is 8.09. The van der Waals surface area contributed by atoms with Gasteiger partial charge < -0.3 is 15.4 Å². The van der Waals surface area contributed by atoms with Crippen molar-refractivity contribution < 1.29 is 4.74 Å². The quantitative estimate of drug-likeness (QED) is 0.596. The van der Waals surface area contributed by atoms with Crippen LogP contribution in [0.25, 0.3) is 11.3 Å². The first-order valence-electron chi connectivity index (χ1n) is 7.97. The Hall–Kier alpha value is -2.44. The largest absolute Gasteiger partial charge is 0.494 e. The summed E-state index contributed by atoms with van der Waals surface area (Å²) < 4.78 is 5.43. The van der Waals surface area contributed by atoms with Crippen molar-refractivity contribution in [3.05, 3.63) is 59.5 Å². The van der Waals surface area contributed by atoms with Crippen LogP contribution in [0.5, 0.6) is 5.75 Å². The highest BCUT2D eigenvalue weighted by atomic mass is 32.1. The zero-order chi connectivity index (χ0) is 17.6. The van der Waals surface area contributed by atoms with Gasteiger partial charge in [-0.15, -0.1) is 11.3 Å². The fraction of sp³-hybridized carbons (Fsp3) is 0.158. The topological polar surface area (TPSA) is 46.2 Å². The molecule has 6 heteroatoms. The van der Waals surface area contributed by atoms with Crippen LogP contribution >= 0.6 is 23.6 Å². The predicted molar refractivity (Wildman–Crippen MR) is 110 cm³/mol. The Balaban J connectivity index is 1.60. The molecule has 25 heavy (non-hydrogen) atoms. The van der Waals surface area contributed by atoms with Gasteiger partial charge in [0.1, 0.15) is 5.75 Å². The molecule has 3 aromatic rings. The first kappa shape index (κ1) is 17.4. The number of hydrogen-bond donors (Lipinski definition) is 2. The van der Waals surface area contributed by atoms with Crippen molar-refractivity contribution in [2.75, 3.05) is 17.2 Å². The lowest BCUT2D eigenvalue weighted by atomic mass is 10.1. The van der Waals surface area contributed by atoms with Gasteiger partial charge in [-0.1, -0.05) is 29.8 Å². The molecule has 0 fully saturated rings. The molecule has 0 aliphatic rings. The van der Waals surface area contributed by atoms with Crippen molar-refractivity contribution in [3.8, 4) is 17.0 Å². The molecular weight excluding hydrogens is 350 g/mol. The van der Waals surface area contributed by atoms with Crippen LogP contribution in [-0.4, -0.2) is 16.7 Å². The number of aromatic nitrogens is 1. The third kappa shape index (κ3) is 4.78. The van der Waals surface area contributed by atoms with Gasteiger partial charge in [-0.25, -0.2) is 4.98 Å². The number of rotatable bonds is 5. The van der Waals surface area contributed by atoms with Crippen LogP contribution in [0.2, 0.25) is 0 Å². The van der Waals surface area contributed by atoms with Crippen molar-refractivity contribution >= 4 is 39.5 Å². The summed E-state index contributed by atoms with van der Waals surface area (Å²) in [7, 11) is 0. The average Bonchev–Trinajstić information content (AvgIpc) is 3.06. The van der Waals surface area contributed by atoms with E-state index in [1.807, 2.05) is 36.6 Å². The molecule has 128 valence electrons. The molecule has 0 saturated heterocycles. The molecule has 0 atom stereocenters. The van der Waals surface area contributed by atoms with Gasteiger partial charge in [0.05, 0.1) is 12.3 Å². The minimum absolute atomic E-state index is 0.508. The maximum absolute atomic E-state index is 5.43. The average molecular weight is 370 g/mol. The SMILES string of the molecule is CCOc1ccc(NC(=S)Nc2nc(-c3ccc(C)cc3)cs2)cc1. The smallest absolute Gasteiger partial charge is 0.189 e. The summed E-state index contributed by atoms with van der Waals surface area (Å²) in [4.78, 5) is 4.59. The van der Waals surface area contributed by atoms with Gasteiger partial charge in [-0.05, 0) is 50.3 Å². The number of nitrogens with one attached hydrogen (secondary N) is 2. The molecule has 2 N–H and O–H groups in total. The molecule has 0 spiro atoms. The molecule has 0 aliphatic carbocycles. The maximum atomic E-state index is 5.43. The number of aryl methyl sites for hydroxylation is 1. The van der Waals surface area contributed by atoms with Crippen molar-refractivity contribution in [2.24, 2.45) is 0 Å². The fourth-order valence-corrected chi connectivity index (χ4v) is 3.25. The Morgan fingerprint density at radius 2 is 1.80 bits per heavy atom. The lowest BCUT2D eigenvalue weighted by Crippen LogP contribution is -2.18. The van der Waals surface area contributed by atoms with E-state index in [2.05, 4.69) is 46.8 Å². The molecule has 0 aliphatic heterocycles. The van der Waals surface area contributed by atoms with Gasteiger partial charge in [0, 0.05) is 16.6 Å². The van der Waals surface area contributed by atoms with Crippen molar-refractivity contribution in [2.45, 2.75) is 13.8 Å². The van der Waals surface area contributed by atoms with E-state index in [1.54, 1.807) is 0 Å². The maximum Gasteiger partial charge on any atom is 0.189 e. The Bertz CT molecular complexity index is 842. The van der Waals surface area contributed by atoms with E-state index in [0.717, 1.165) is 27.8 Å². The van der Waals surface area contributed by atoms with E-state index in [4.69, 9.17) is 17.0 Å². The standard InChI is InChI=1S/C19H19N3OS2/c1-3-23-16-10-8-15(9-11-16)20-18(24)22-19-21-17(12-25-19)14-6-4-13(2)5-7-14/h4-12H,3H2,1-2H3,(H2,20,21,22,24). The second-order valence-electron chi connectivity index (χ2n) is 5.44. The molecule has 3 rings (SSSR count). The second-order valence-corrected chi connectivity index (χ2v) is 6.71. The number of benzene rings is 2. The molecule has 1 heterocycles. The number of ether oxygens (including phenoxy) is 1. The van der Waals surface area contributed by atoms with Crippen LogP contribution in [-0.2, 0) is 0 Å². The number of anilines is 2. The van der Waals surface area contributed by atoms with Gasteiger partial charge in [0.25, 0.3) is 0 Å². The van der Waals surface area contributed by atoms with Crippen LogP contribution < -0.4 is 15.4 Å². The Labute approximate surface area is 156 Å². The lowest BCUT2D eigenvalue weighted by molar-refractivity contribution is 0.340. The number of hydrogen-bond acceptors (Lipinski definition) is 4. The van der Waals surface area contributed by atoms with Crippen molar-refractivity contribution in [1.29, 1.82) is 0 Å². The van der Waals surface area contributed by atoms with Crippen LogP contribution in [0.15, 0.2) is 53.9 Å². The van der Waals surface area contributed by atoms with Crippen molar-refractivity contribution in [3.63, 3.8) is 0 Å². The van der Waals surface area contributed by atoms with Gasteiger partial charge in [0.15, 0.2) is 10.2 Å². The number of nitrogens with zero attached hydrogens (tertiary/aromatic N) is 1. The molecule has 1 aromatic heterocycles. The molecular formula is C19H19N3OS2. The lowest BCUT2D eigenvalue weighted by Gasteiger charge is -2.09. The molecule has 0 bridgehead atoms. The van der Waals surface area contributed by atoms with Crippen LogP contribution in [0.4, 0.5) is 10.8 Å². The molecule has 0 saturated carbocycles. The summed E-state index contributed by atoms with van der Waals surface area (Å²) in [6, 6.07) is 16.0. The zero-order valence-corrected chi connectivity index (χ0v) is 15.7. The van der Waals surface area contributed by atoms with Crippen molar-refractivity contribution in [1.82, 2.24) is 4.98 Å². The van der Waals surface area contributed by atoms with Gasteiger partial charge in [0.2, 0.25) is 0 Å². The summed E-state index contributed by atoms with van der Waals surface area (Å²) in [5, 5.41) is 9.57. The Morgan fingerprint density at radius 1 is 1.08 bits per heavy atom. The summed E-state index contributed by atoms with van der Waals surface area (Å²) >= 11 is 6.89. The Kier molecular flexibility index (Phi) is 5.63. The monoisotopic (exact) mass is 369 g/mol. The molecule has 0 unspecified atom stereocenters. The van der Waals surface area contributed by atoms with E-state index < -0.39 is 0 Å². The summed E-state index contributed by atoms with van der Waals surface area (Å²) in [6.07, 6.45) is 0. The van der Waals surface area contributed by atoms with E-state index >= 15 is 0 Å². The zero-order valence-electron chi connectivity index (χ0n) is 14.1. The van der Waals surface area contributed by atoms with E-state index in [0.29, 0.717) is 11.7 Å². The highest BCUT2D eigenvalue weighted by molar-refractivity contribution is 7.80. The third-order valence-electron chi connectivity index (χ3n) is 3.50. The fourth-order valence-electron chi connectivity index (χ4n) is 2.25. The molecule has 0 radical (unpaired) electrons. The summed E-state index contributed by atoms with van der Waals surface area (Å²) in [5.74, 6) is 0.842.